The minimum atomic E-state index is 0.359. The van der Waals surface area contributed by atoms with E-state index in [-0.39, 0.29) is 0 Å². The van der Waals surface area contributed by atoms with Crippen molar-refractivity contribution >= 4 is 0 Å². The molecule has 0 spiro atoms. The first-order chi connectivity index (χ1) is 8.67. The lowest BCUT2D eigenvalue weighted by molar-refractivity contribution is 0.0472. The third-order valence-corrected chi connectivity index (χ3v) is 3.29. The summed E-state index contributed by atoms with van der Waals surface area (Å²) in [4.78, 5) is 0. The van der Waals surface area contributed by atoms with E-state index in [4.69, 9.17) is 4.74 Å². The van der Waals surface area contributed by atoms with Gasteiger partial charge in [-0.1, -0.05) is 44.5 Å². The van der Waals surface area contributed by atoms with Gasteiger partial charge in [0.15, 0.2) is 0 Å². The van der Waals surface area contributed by atoms with Crippen molar-refractivity contribution in [1.82, 2.24) is 5.32 Å². The number of nitrogens with one attached hydrogen (secondary N) is 1. The predicted molar refractivity (Wildman–Crippen MR) is 77.9 cm³/mol. The second-order valence-electron chi connectivity index (χ2n) is 5.11. The van der Waals surface area contributed by atoms with Gasteiger partial charge in [0.1, 0.15) is 0 Å². The molecule has 0 aromatic heterocycles. The molecule has 18 heavy (non-hydrogen) atoms. The summed E-state index contributed by atoms with van der Waals surface area (Å²) in [6, 6.07) is 8.79. The number of benzene rings is 1. The molecule has 1 N–H and O–H groups in total. The van der Waals surface area contributed by atoms with E-state index in [9.17, 15) is 0 Å². The van der Waals surface area contributed by atoms with Crippen LogP contribution in [0.1, 0.15) is 50.7 Å². The van der Waals surface area contributed by atoms with Gasteiger partial charge in [-0.15, -0.1) is 0 Å². The van der Waals surface area contributed by atoms with Crippen LogP contribution in [0.3, 0.4) is 0 Å². The number of rotatable bonds is 8. The molecule has 102 valence electrons. The normalized spacial score (nSPS) is 14.4. The van der Waals surface area contributed by atoms with Gasteiger partial charge in [0.25, 0.3) is 0 Å². The van der Waals surface area contributed by atoms with Crippen LogP contribution in [0.2, 0.25) is 0 Å². The maximum absolute atomic E-state index is 5.80. The quantitative estimate of drug-likeness (QED) is 0.758. The molecule has 0 aliphatic carbocycles. The Hall–Kier alpha value is -0.860. The Kier molecular flexibility index (Phi) is 6.99. The van der Waals surface area contributed by atoms with Gasteiger partial charge in [-0.05, 0) is 37.4 Å². The minimum Gasteiger partial charge on any atom is -0.374 e. The molecule has 0 saturated carbocycles. The van der Waals surface area contributed by atoms with Gasteiger partial charge in [-0.25, -0.2) is 0 Å². The van der Waals surface area contributed by atoms with Crippen molar-refractivity contribution in [3.8, 4) is 0 Å². The van der Waals surface area contributed by atoms with Crippen molar-refractivity contribution in [1.29, 1.82) is 0 Å². The minimum absolute atomic E-state index is 0.359. The highest BCUT2D eigenvalue weighted by molar-refractivity contribution is 5.24. The Morgan fingerprint density at radius 2 is 1.83 bits per heavy atom. The lowest BCUT2D eigenvalue weighted by Gasteiger charge is -2.14. The first kappa shape index (κ1) is 15.2. The fourth-order valence-corrected chi connectivity index (χ4v) is 2.09. The Morgan fingerprint density at radius 1 is 1.17 bits per heavy atom. The molecular formula is C16H27NO. The van der Waals surface area contributed by atoms with E-state index in [1.54, 1.807) is 0 Å². The third kappa shape index (κ3) is 5.19. The molecule has 0 aliphatic rings. The summed E-state index contributed by atoms with van der Waals surface area (Å²) >= 11 is 0. The highest BCUT2D eigenvalue weighted by Crippen LogP contribution is 2.16. The molecule has 0 radical (unpaired) electrons. The van der Waals surface area contributed by atoms with E-state index in [2.05, 4.69) is 50.4 Å². The molecule has 2 atom stereocenters. The van der Waals surface area contributed by atoms with Crippen LogP contribution in [0.5, 0.6) is 0 Å². The smallest absolute Gasteiger partial charge is 0.0720 e. The summed E-state index contributed by atoms with van der Waals surface area (Å²) in [5.41, 5.74) is 2.65. The first-order valence-electron chi connectivity index (χ1n) is 7.02. The predicted octanol–water partition coefficient (Wildman–Crippen LogP) is 3.71. The van der Waals surface area contributed by atoms with E-state index in [1.165, 1.54) is 17.5 Å². The molecule has 0 heterocycles. The second-order valence-corrected chi connectivity index (χ2v) is 5.11. The number of likely N-dealkylation sites (N-methyl/N-ethyl adjacent to an activating group) is 1. The van der Waals surface area contributed by atoms with Gasteiger partial charge in [0, 0.05) is 6.54 Å². The molecule has 0 bridgehead atoms. The molecule has 1 rings (SSSR count). The van der Waals surface area contributed by atoms with Gasteiger partial charge in [-0.2, -0.15) is 0 Å². The lowest BCUT2D eigenvalue weighted by Crippen LogP contribution is -2.14. The molecule has 2 heteroatoms. The van der Waals surface area contributed by atoms with Crippen LogP contribution < -0.4 is 5.32 Å². The van der Waals surface area contributed by atoms with Crippen LogP contribution in [-0.4, -0.2) is 19.7 Å². The van der Waals surface area contributed by atoms with Crippen molar-refractivity contribution in [3.05, 3.63) is 35.4 Å². The Morgan fingerprint density at radius 3 is 2.39 bits per heavy atom. The number of ether oxygens (including phenoxy) is 1. The lowest BCUT2D eigenvalue weighted by atomic mass is 10.00. The number of hydrogen-bond donors (Lipinski definition) is 1. The molecule has 0 amide bonds. The molecule has 1 aromatic rings. The summed E-state index contributed by atoms with van der Waals surface area (Å²) < 4.78 is 5.80. The van der Waals surface area contributed by atoms with Crippen molar-refractivity contribution in [2.75, 3.05) is 13.6 Å². The van der Waals surface area contributed by atoms with Crippen molar-refractivity contribution in [2.45, 2.75) is 52.2 Å². The maximum Gasteiger partial charge on any atom is 0.0720 e. The van der Waals surface area contributed by atoms with Gasteiger partial charge in [0.2, 0.25) is 0 Å². The van der Waals surface area contributed by atoms with Crippen molar-refractivity contribution in [3.63, 3.8) is 0 Å². The average molecular weight is 249 g/mol. The number of hydrogen-bond acceptors (Lipinski definition) is 2. The molecular weight excluding hydrogens is 222 g/mol. The summed E-state index contributed by atoms with van der Waals surface area (Å²) in [5, 5.41) is 3.21. The van der Waals surface area contributed by atoms with Crippen LogP contribution >= 0.6 is 0 Å². The van der Waals surface area contributed by atoms with Gasteiger partial charge in [-0.3, -0.25) is 0 Å². The van der Waals surface area contributed by atoms with Crippen molar-refractivity contribution < 1.29 is 4.74 Å². The second kappa shape index (κ2) is 8.28. The third-order valence-electron chi connectivity index (χ3n) is 3.29. The standard InChI is InChI=1S/C16H27NO/c1-5-6-14(3)18-12-15-7-9-16(10-8-15)13(2)11-17-4/h7-10,13-14,17H,5-6,11-12H2,1-4H3. The highest BCUT2D eigenvalue weighted by atomic mass is 16.5. The summed E-state index contributed by atoms with van der Waals surface area (Å²) in [7, 11) is 1.99. The van der Waals surface area contributed by atoms with Gasteiger partial charge < -0.3 is 10.1 Å². The molecule has 2 nitrogen and oxygen atoms in total. The molecule has 0 fully saturated rings. The van der Waals surface area contributed by atoms with Crippen LogP contribution in [0.15, 0.2) is 24.3 Å². The van der Waals surface area contributed by atoms with Gasteiger partial charge >= 0.3 is 0 Å². The average Bonchev–Trinajstić information content (AvgIpc) is 2.37. The zero-order chi connectivity index (χ0) is 13.4. The van der Waals surface area contributed by atoms with Crippen LogP contribution in [0.25, 0.3) is 0 Å². The molecule has 0 saturated heterocycles. The van der Waals surface area contributed by atoms with Crippen molar-refractivity contribution in [2.24, 2.45) is 0 Å². The van der Waals surface area contributed by atoms with E-state index in [1.807, 2.05) is 7.05 Å². The zero-order valence-corrected chi connectivity index (χ0v) is 12.2. The Bertz CT molecular complexity index is 320. The Balaban J connectivity index is 2.45. The SMILES string of the molecule is CCCC(C)OCc1ccc(C(C)CNC)cc1. The topological polar surface area (TPSA) is 21.3 Å². The summed E-state index contributed by atoms with van der Waals surface area (Å²) in [6.07, 6.45) is 2.68. The fraction of sp³-hybridized carbons (Fsp3) is 0.625. The summed E-state index contributed by atoms with van der Waals surface area (Å²) in [5.74, 6) is 0.559. The largest absolute Gasteiger partial charge is 0.374 e. The summed E-state index contributed by atoms with van der Waals surface area (Å²) in [6.45, 7) is 8.32. The fourth-order valence-electron chi connectivity index (χ4n) is 2.09. The monoisotopic (exact) mass is 249 g/mol. The maximum atomic E-state index is 5.80. The van der Waals surface area contributed by atoms with Crippen LogP contribution in [0, 0.1) is 0 Å². The zero-order valence-electron chi connectivity index (χ0n) is 12.2. The van der Waals surface area contributed by atoms with Crippen LogP contribution in [-0.2, 0) is 11.3 Å². The van der Waals surface area contributed by atoms with Crippen LogP contribution in [0.4, 0.5) is 0 Å². The molecule has 0 aliphatic heterocycles. The Labute approximate surface area is 112 Å². The van der Waals surface area contributed by atoms with E-state index in [0.717, 1.165) is 19.6 Å². The molecule has 1 aromatic carbocycles. The highest BCUT2D eigenvalue weighted by Gasteiger charge is 2.05. The van der Waals surface area contributed by atoms with E-state index in [0.29, 0.717) is 12.0 Å². The first-order valence-corrected chi connectivity index (χ1v) is 7.02. The van der Waals surface area contributed by atoms with E-state index >= 15 is 0 Å². The molecule has 2 unspecified atom stereocenters. The van der Waals surface area contributed by atoms with Gasteiger partial charge in [0.05, 0.1) is 12.7 Å². The van der Waals surface area contributed by atoms with E-state index < -0.39 is 0 Å².